The first-order valence-corrected chi connectivity index (χ1v) is 35.5. The Morgan fingerprint density at radius 3 is 0.734 bits per heavy atom. The summed E-state index contributed by atoms with van der Waals surface area (Å²) in [6, 6.07) is 0. The van der Waals surface area contributed by atoms with Crippen molar-refractivity contribution in [3.63, 3.8) is 0 Å². The highest BCUT2D eigenvalue weighted by molar-refractivity contribution is 5.71. The van der Waals surface area contributed by atoms with Crippen LogP contribution in [0.1, 0.15) is 393 Å². The molecule has 6 nitrogen and oxygen atoms in total. The number of rotatable bonds is 66. The molecule has 0 aliphatic carbocycles. The average Bonchev–Trinajstić information content (AvgIpc) is 3.45. The fraction of sp³-hybridized carbons (Fsp3) is 0.877. The van der Waals surface area contributed by atoms with Gasteiger partial charge in [-0.3, -0.25) is 14.4 Å². The zero-order chi connectivity index (χ0) is 57.1. The monoisotopic (exact) mass is 1110 g/mol. The summed E-state index contributed by atoms with van der Waals surface area (Å²) in [5, 5.41) is 0. The second-order valence-electron chi connectivity index (χ2n) is 24.1. The molecule has 0 N–H and O–H groups in total. The third-order valence-electron chi connectivity index (χ3n) is 16.1. The first kappa shape index (κ1) is 76.6. The summed E-state index contributed by atoms with van der Waals surface area (Å²) in [6.07, 6.45) is 84.5. The molecule has 6 heteroatoms. The van der Waals surface area contributed by atoms with Crippen molar-refractivity contribution in [1.29, 1.82) is 0 Å². The first-order chi connectivity index (χ1) is 39.0. The van der Waals surface area contributed by atoms with E-state index in [-0.39, 0.29) is 31.1 Å². The minimum Gasteiger partial charge on any atom is -0.462 e. The maximum absolute atomic E-state index is 13.0. The Labute approximate surface area is 493 Å². The van der Waals surface area contributed by atoms with Crippen LogP contribution in [0.15, 0.2) is 36.5 Å². The van der Waals surface area contributed by atoms with Crippen molar-refractivity contribution in [3.05, 3.63) is 36.5 Å². The largest absolute Gasteiger partial charge is 0.462 e. The Kier molecular flexibility index (Phi) is 66.1. The molecule has 0 heterocycles. The molecule has 0 fully saturated rings. The van der Waals surface area contributed by atoms with E-state index >= 15 is 0 Å². The van der Waals surface area contributed by atoms with Gasteiger partial charge in [0.15, 0.2) is 6.10 Å². The fourth-order valence-corrected chi connectivity index (χ4v) is 10.8. The van der Waals surface area contributed by atoms with E-state index in [1.54, 1.807) is 0 Å². The van der Waals surface area contributed by atoms with Crippen molar-refractivity contribution in [2.24, 2.45) is 0 Å². The molecule has 464 valence electrons. The van der Waals surface area contributed by atoms with Gasteiger partial charge in [-0.15, -0.1) is 0 Å². The van der Waals surface area contributed by atoms with E-state index < -0.39 is 6.10 Å². The lowest BCUT2D eigenvalue weighted by atomic mass is 10.0. The molecule has 1 atom stereocenters. The van der Waals surface area contributed by atoms with Crippen LogP contribution >= 0.6 is 0 Å². The summed E-state index contributed by atoms with van der Waals surface area (Å²) in [6.45, 7) is 6.69. The van der Waals surface area contributed by atoms with Gasteiger partial charge in [0.2, 0.25) is 0 Å². The third kappa shape index (κ3) is 66.3. The quantitative estimate of drug-likeness (QED) is 0.0261. The van der Waals surface area contributed by atoms with Crippen LogP contribution in [0.5, 0.6) is 0 Å². The zero-order valence-electron chi connectivity index (χ0n) is 53.4. The molecule has 0 aromatic carbocycles. The van der Waals surface area contributed by atoms with E-state index in [1.807, 2.05) is 0 Å². The summed E-state index contributed by atoms with van der Waals surface area (Å²) < 4.78 is 17.0. The minimum absolute atomic E-state index is 0.0696. The van der Waals surface area contributed by atoms with Crippen molar-refractivity contribution in [1.82, 2.24) is 0 Å². The van der Waals surface area contributed by atoms with Gasteiger partial charge in [0.05, 0.1) is 0 Å². The van der Waals surface area contributed by atoms with E-state index in [4.69, 9.17) is 14.2 Å². The smallest absolute Gasteiger partial charge is 0.306 e. The van der Waals surface area contributed by atoms with Gasteiger partial charge in [-0.05, 0) is 77.0 Å². The van der Waals surface area contributed by atoms with Crippen LogP contribution in [0.25, 0.3) is 0 Å². The van der Waals surface area contributed by atoms with Gasteiger partial charge in [0, 0.05) is 19.3 Å². The maximum atomic E-state index is 13.0. The van der Waals surface area contributed by atoms with Crippen LogP contribution < -0.4 is 0 Å². The molecule has 0 aromatic heterocycles. The lowest BCUT2D eigenvalue weighted by Crippen LogP contribution is -2.30. The van der Waals surface area contributed by atoms with Gasteiger partial charge < -0.3 is 14.2 Å². The molecule has 0 radical (unpaired) electrons. The molecule has 0 amide bonds. The van der Waals surface area contributed by atoms with Gasteiger partial charge in [0.1, 0.15) is 13.2 Å². The van der Waals surface area contributed by atoms with Crippen molar-refractivity contribution in [2.75, 3.05) is 13.2 Å². The van der Waals surface area contributed by atoms with Crippen molar-refractivity contribution >= 4 is 17.9 Å². The van der Waals surface area contributed by atoms with Gasteiger partial charge in [-0.2, -0.15) is 0 Å². The number of carbonyl (C=O) groups is 3. The zero-order valence-corrected chi connectivity index (χ0v) is 53.4. The highest BCUT2D eigenvalue weighted by Crippen LogP contribution is 2.18. The molecular formula is C73H136O6. The standard InChI is InChI=1S/C73H136O6/c1-4-7-10-13-16-19-22-25-28-31-33-34-35-36-37-38-40-42-45-48-51-54-57-60-63-66-72(75)78-69-70(68-77-71(74)65-62-59-56-53-50-47-44-41-30-27-24-21-18-15-12-9-6-3)79-73(76)67-64-61-58-55-52-49-46-43-39-32-29-26-23-20-17-14-11-8-5-2/h18,21,27,30-31,33,70H,4-17,19-20,22-26,28-29,32,34-69H2,1-3H3/b21-18-,30-27-,33-31-. The number of ether oxygens (including phenoxy) is 3. The number of unbranched alkanes of at least 4 members (excludes halogenated alkanes) is 49. The topological polar surface area (TPSA) is 78.9 Å². The SMILES string of the molecule is CCCCC/C=C\C/C=C\CCCCCCCCCC(=O)OCC(COC(=O)CCCCCCCCCCCCCCC/C=C\CCCCCCCCCC)OC(=O)CCCCCCCCCCCCCCCCCCCCC. The van der Waals surface area contributed by atoms with E-state index in [0.29, 0.717) is 19.3 Å². The molecule has 0 saturated carbocycles. The van der Waals surface area contributed by atoms with Gasteiger partial charge in [0.25, 0.3) is 0 Å². The van der Waals surface area contributed by atoms with E-state index in [9.17, 15) is 14.4 Å². The van der Waals surface area contributed by atoms with Gasteiger partial charge in [-0.1, -0.05) is 333 Å². The van der Waals surface area contributed by atoms with E-state index in [0.717, 1.165) is 70.6 Å². The van der Waals surface area contributed by atoms with Gasteiger partial charge >= 0.3 is 17.9 Å². The van der Waals surface area contributed by atoms with Crippen LogP contribution in [0.3, 0.4) is 0 Å². The highest BCUT2D eigenvalue weighted by atomic mass is 16.6. The normalized spacial score (nSPS) is 12.2. The predicted molar refractivity (Wildman–Crippen MR) is 344 cm³/mol. The summed E-state index contributed by atoms with van der Waals surface area (Å²) in [4.78, 5) is 38.5. The number of carbonyl (C=O) groups excluding carboxylic acids is 3. The molecule has 0 bridgehead atoms. The molecule has 0 rings (SSSR count). The lowest BCUT2D eigenvalue weighted by Gasteiger charge is -2.18. The Balaban J connectivity index is 4.28. The predicted octanol–water partition coefficient (Wildman–Crippen LogP) is 24.3. The Bertz CT molecular complexity index is 1320. The molecule has 79 heavy (non-hydrogen) atoms. The molecule has 0 spiro atoms. The van der Waals surface area contributed by atoms with Crippen LogP contribution in [0, 0.1) is 0 Å². The Morgan fingerprint density at radius 2 is 0.456 bits per heavy atom. The van der Waals surface area contributed by atoms with Gasteiger partial charge in [-0.25, -0.2) is 0 Å². The van der Waals surface area contributed by atoms with Crippen LogP contribution in [0.2, 0.25) is 0 Å². The van der Waals surface area contributed by atoms with Crippen LogP contribution in [-0.4, -0.2) is 37.2 Å². The maximum Gasteiger partial charge on any atom is 0.306 e. The summed E-state index contributed by atoms with van der Waals surface area (Å²) in [5.74, 6) is -0.847. The van der Waals surface area contributed by atoms with E-state index in [1.165, 1.54) is 283 Å². The van der Waals surface area contributed by atoms with E-state index in [2.05, 4.69) is 57.2 Å². The average molecular weight is 1110 g/mol. The molecular weight excluding hydrogens is 973 g/mol. The molecule has 0 aliphatic rings. The summed E-state index contributed by atoms with van der Waals surface area (Å²) in [7, 11) is 0. The second kappa shape index (κ2) is 68.1. The number of hydrogen-bond acceptors (Lipinski definition) is 6. The molecule has 0 aliphatic heterocycles. The number of allylic oxidation sites excluding steroid dienone is 6. The van der Waals surface area contributed by atoms with Crippen molar-refractivity contribution in [3.8, 4) is 0 Å². The highest BCUT2D eigenvalue weighted by Gasteiger charge is 2.19. The Hall–Kier alpha value is -2.37. The third-order valence-corrected chi connectivity index (χ3v) is 16.1. The fourth-order valence-electron chi connectivity index (χ4n) is 10.8. The number of esters is 3. The van der Waals surface area contributed by atoms with Crippen molar-refractivity contribution in [2.45, 2.75) is 399 Å². The van der Waals surface area contributed by atoms with Crippen molar-refractivity contribution < 1.29 is 28.6 Å². The second-order valence-corrected chi connectivity index (χ2v) is 24.1. The number of hydrogen-bond donors (Lipinski definition) is 0. The lowest BCUT2D eigenvalue weighted by molar-refractivity contribution is -0.167. The molecule has 0 aromatic rings. The minimum atomic E-state index is -0.774. The van der Waals surface area contributed by atoms with Crippen LogP contribution in [0.4, 0.5) is 0 Å². The first-order valence-electron chi connectivity index (χ1n) is 35.5. The summed E-state index contributed by atoms with van der Waals surface area (Å²) >= 11 is 0. The Morgan fingerprint density at radius 1 is 0.253 bits per heavy atom. The molecule has 1 unspecified atom stereocenters. The van der Waals surface area contributed by atoms with Crippen LogP contribution in [-0.2, 0) is 28.6 Å². The summed E-state index contributed by atoms with van der Waals surface area (Å²) in [5.41, 5.74) is 0. The molecule has 0 saturated heterocycles.